The maximum Gasteiger partial charge on any atom is 0.268 e. The van der Waals surface area contributed by atoms with Crippen molar-refractivity contribution in [3.63, 3.8) is 0 Å². The first-order chi connectivity index (χ1) is 13.5. The summed E-state index contributed by atoms with van der Waals surface area (Å²) in [6, 6.07) is 23.0. The van der Waals surface area contributed by atoms with E-state index in [0.29, 0.717) is 22.5 Å². The molecule has 28 heavy (non-hydrogen) atoms. The van der Waals surface area contributed by atoms with Gasteiger partial charge in [-0.1, -0.05) is 70.5 Å². The number of carbonyl (C=O) groups is 2. The molecule has 0 fully saturated rings. The molecular weight excluding hydrogens is 420 g/mol. The molecule has 0 spiro atoms. The number of carbonyl (C=O) groups excluding carboxylic acids is 2. The quantitative estimate of drug-likeness (QED) is 0.655. The first kappa shape index (κ1) is 18.4. The highest BCUT2D eigenvalue weighted by atomic mass is 79.9. The van der Waals surface area contributed by atoms with Gasteiger partial charge in [-0.2, -0.15) is 0 Å². The fourth-order valence-electron chi connectivity index (χ4n) is 3.46. The minimum atomic E-state index is -1.81. The Morgan fingerprint density at radius 1 is 1.00 bits per heavy atom. The number of nitrogens with zero attached hydrogens (tertiary/aromatic N) is 1. The summed E-state index contributed by atoms with van der Waals surface area (Å²) in [5, 5.41) is 14.1. The zero-order chi connectivity index (χ0) is 19.7. The molecule has 1 aliphatic heterocycles. The minimum absolute atomic E-state index is 0.197. The summed E-state index contributed by atoms with van der Waals surface area (Å²) >= 11 is 3.36. The molecular formula is C22H17BrN2O3. The van der Waals surface area contributed by atoms with Gasteiger partial charge in [0.15, 0.2) is 5.60 Å². The van der Waals surface area contributed by atoms with E-state index in [9.17, 15) is 14.7 Å². The fourth-order valence-corrected chi connectivity index (χ4v) is 3.86. The predicted octanol–water partition coefficient (Wildman–Crippen LogP) is 3.67. The van der Waals surface area contributed by atoms with E-state index in [0.717, 1.165) is 4.47 Å². The van der Waals surface area contributed by atoms with Crippen molar-refractivity contribution >= 4 is 39.1 Å². The van der Waals surface area contributed by atoms with E-state index < -0.39 is 11.5 Å². The van der Waals surface area contributed by atoms with Gasteiger partial charge in [-0.3, -0.25) is 14.5 Å². The van der Waals surface area contributed by atoms with Crippen molar-refractivity contribution < 1.29 is 14.7 Å². The molecule has 5 nitrogen and oxygen atoms in total. The van der Waals surface area contributed by atoms with Crippen molar-refractivity contribution in [1.82, 2.24) is 0 Å². The fraction of sp³-hybridized carbons (Fsp3) is 0.0909. The van der Waals surface area contributed by atoms with Crippen molar-refractivity contribution in [2.24, 2.45) is 0 Å². The lowest BCUT2D eigenvalue weighted by Crippen LogP contribution is -2.44. The number of benzene rings is 3. The molecule has 0 saturated heterocycles. The van der Waals surface area contributed by atoms with Gasteiger partial charge in [0.05, 0.1) is 5.69 Å². The topological polar surface area (TPSA) is 69.6 Å². The molecule has 0 radical (unpaired) electrons. The van der Waals surface area contributed by atoms with Crippen molar-refractivity contribution in [1.29, 1.82) is 0 Å². The summed E-state index contributed by atoms with van der Waals surface area (Å²) in [6.07, 6.45) is 0. The molecule has 3 aromatic carbocycles. The monoisotopic (exact) mass is 436 g/mol. The number of halogens is 1. The highest BCUT2D eigenvalue weighted by Gasteiger charge is 2.51. The molecule has 140 valence electrons. The van der Waals surface area contributed by atoms with Crippen LogP contribution in [0.15, 0.2) is 83.3 Å². The summed E-state index contributed by atoms with van der Waals surface area (Å²) in [6.45, 7) is -0.197. The van der Waals surface area contributed by atoms with Gasteiger partial charge in [0.1, 0.15) is 6.54 Å². The Hall–Kier alpha value is -2.96. The Balaban J connectivity index is 1.65. The highest BCUT2D eigenvalue weighted by Crippen LogP contribution is 2.44. The van der Waals surface area contributed by atoms with Crippen LogP contribution in [-0.4, -0.2) is 23.5 Å². The van der Waals surface area contributed by atoms with E-state index in [4.69, 9.17) is 0 Å². The summed E-state index contributed by atoms with van der Waals surface area (Å²) in [4.78, 5) is 27.1. The van der Waals surface area contributed by atoms with Gasteiger partial charge in [-0.25, -0.2) is 0 Å². The molecule has 0 unspecified atom stereocenters. The van der Waals surface area contributed by atoms with Gasteiger partial charge in [0, 0.05) is 15.7 Å². The normalized spacial score (nSPS) is 18.1. The molecule has 0 bridgehead atoms. The van der Waals surface area contributed by atoms with E-state index >= 15 is 0 Å². The number of nitrogens with one attached hydrogen (secondary N) is 1. The van der Waals surface area contributed by atoms with Gasteiger partial charge >= 0.3 is 0 Å². The molecule has 2 N–H and O–H groups in total. The first-order valence-corrected chi connectivity index (χ1v) is 9.54. The van der Waals surface area contributed by atoms with Crippen LogP contribution in [0.3, 0.4) is 0 Å². The smallest absolute Gasteiger partial charge is 0.268 e. The molecule has 6 heteroatoms. The number of amides is 2. The summed E-state index contributed by atoms with van der Waals surface area (Å²) < 4.78 is 0.839. The van der Waals surface area contributed by atoms with Crippen LogP contribution in [0.4, 0.5) is 11.4 Å². The number of hydrogen-bond donors (Lipinski definition) is 2. The first-order valence-electron chi connectivity index (χ1n) is 8.75. The Morgan fingerprint density at radius 3 is 2.46 bits per heavy atom. The molecule has 1 aliphatic rings. The number of aliphatic hydroxyl groups is 1. The lowest BCUT2D eigenvalue weighted by atomic mass is 9.88. The van der Waals surface area contributed by atoms with Crippen LogP contribution in [0.5, 0.6) is 0 Å². The van der Waals surface area contributed by atoms with Crippen LogP contribution >= 0.6 is 15.9 Å². The number of fused-ring (bicyclic) bond motifs is 1. The molecule has 0 saturated carbocycles. The summed E-state index contributed by atoms with van der Waals surface area (Å²) in [5.74, 6) is -0.886. The maximum absolute atomic E-state index is 13.2. The van der Waals surface area contributed by atoms with Crippen LogP contribution in [0, 0.1) is 0 Å². The Kier molecular flexibility index (Phi) is 4.75. The third kappa shape index (κ3) is 3.10. The Morgan fingerprint density at radius 2 is 1.71 bits per heavy atom. The third-order valence-electron chi connectivity index (χ3n) is 4.74. The Labute approximate surface area is 170 Å². The average Bonchev–Trinajstić information content (AvgIpc) is 2.92. The second-order valence-corrected chi connectivity index (χ2v) is 7.46. The standard InChI is InChI=1S/C22H17BrN2O3/c23-16-9-6-10-17(13-16)24-20(26)14-25-19-12-5-4-11-18(19)22(28,21(25)27)15-7-2-1-3-8-15/h1-13,28H,14H2,(H,24,26)/t22-/m1/s1. The Bertz CT molecular complexity index is 1050. The van der Waals surface area contributed by atoms with Crippen LogP contribution in [0.25, 0.3) is 0 Å². The average molecular weight is 437 g/mol. The highest BCUT2D eigenvalue weighted by molar-refractivity contribution is 9.10. The van der Waals surface area contributed by atoms with E-state index in [1.165, 1.54) is 4.90 Å². The van der Waals surface area contributed by atoms with E-state index in [1.807, 2.05) is 18.2 Å². The van der Waals surface area contributed by atoms with Crippen molar-refractivity contribution in [3.05, 3.63) is 94.5 Å². The lowest BCUT2D eigenvalue weighted by molar-refractivity contribution is -0.133. The van der Waals surface area contributed by atoms with Crippen LogP contribution in [-0.2, 0) is 15.2 Å². The molecule has 0 aliphatic carbocycles. The minimum Gasteiger partial charge on any atom is -0.372 e. The summed E-state index contributed by atoms with van der Waals surface area (Å²) in [5.41, 5.74) is 0.290. The predicted molar refractivity (Wildman–Crippen MR) is 111 cm³/mol. The molecule has 3 aromatic rings. The largest absolute Gasteiger partial charge is 0.372 e. The van der Waals surface area contributed by atoms with Gasteiger partial charge in [-0.05, 0) is 29.8 Å². The van der Waals surface area contributed by atoms with Gasteiger partial charge < -0.3 is 10.4 Å². The molecule has 4 rings (SSSR count). The maximum atomic E-state index is 13.2. The van der Waals surface area contributed by atoms with E-state index in [-0.39, 0.29) is 12.5 Å². The molecule has 1 atom stereocenters. The third-order valence-corrected chi connectivity index (χ3v) is 5.23. The van der Waals surface area contributed by atoms with E-state index in [2.05, 4.69) is 21.2 Å². The molecule has 2 amide bonds. The summed E-state index contributed by atoms with van der Waals surface area (Å²) in [7, 11) is 0. The van der Waals surface area contributed by atoms with Crippen molar-refractivity contribution in [3.8, 4) is 0 Å². The molecule has 1 heterocycles. The zero-order valence-electron chi connectivity index (χ0n) is 14.8. The van der Waals surface area contributed by atoms with Crippen molar-refractivity contribution in [2.45, 2.75) is 5.60 Å². The van der Waals surface area contributed by atoms with Crippen LogP contribution in [0.1, 0.15) is 11.1 Å². The van der Waals surface area contributed by atoms with Crippen LogP contribution < -0.4 is 10.2 Å². The second-order valence-electron chi connectivity index (χ2n) is 6.54. The number of anilines is 2. The van der Waals surface area contributed by atoms with Gasteiger partial charge in [0.25, 0.3) is 5.91 Å². The van der Waals surface area contributed by atoms with Gasteiger partial charge in [-0.15, -0.1) is 0 Å². The van der Waals surface area contributed by atoms with Crippen LogP contribution in [0.2, 0.25) is 0 Å². The number of hydrogen-bond acceptors (Lipinski definition) is 3. The number of para-hydroxylation sites is 1. The van der Waals surface area contributed by atoms with Gasteiger partial charge in [0.2, 0.25) is 5.91 Å². The SMILES string of the molecule is O=C(CN1C(=O)[C@@](O)(c2ccccc2)c2ccccc21)Nc1cccc(Br)c1. The second kappa shape index (κ2) is 7.22. The molecule has 0 aromatic heterocycles. The van der Waals surface area contributed by atoms with Crippen molar-refractivity contribution in [2.75, 3.05) is 16.8 Å². The number of rotatable bonds is 4. The zero-order valence-corrected chi connectivity index (χ0v) is 16.4. The van der Waals surface area contributed by atoms with E-state index in [1.54, 1.807) is 60.7 Å². The lowest BCUT2D eigenvalue weighted by Gasteiger charge is -2.23.